The van der Waals surface area contributed by atoms with Gasteiger partial charge in [0.05, 0.1) is 28.8 Å². The molecule has 3 aromatic rings. The zero-order chi connectivity index (χ0) is 26.0. The molecule has 36 heavy (non-hydrogen) atoms. The Morgan fingerprint density at radius 3 is 2.50 bits per heavy atom. The van der Waals surface area contributed by atoms with Crippen molar-refractivity contribution >= 4 is 17.7 Å². The minimum atomic E-state index is -4.58. The van der Waals surface area contributed by atoms with Crippen LogP contribution in [0, 0.1) is 22.7 Å². The number of rotatable bonds is 5. The largest absolute Gasteiger partial charge is 0.465 e. The van der Waals surface area contributed by atoms with Gasteiger partial charge in [-0.05, 0) is 42.8 Å². The Balaban J connectivity index is 1.88. The summed E-state index contributed by atoms with van der Waals surface area (Å²) in [5.74, 6) is 0.409. The van der Waals surface area contributed by atoms with Crippen molar-refractivity contribution in [2.45, 2.75) is 25.6 Å². The second-order valence-electron chi connectivity index (χ2n) is 7.89. The fourth-order valence-corrected chi connectivity index (χ4v) is 3.98. The van der Waals surface area contributed by atoms with Crippen LogP contribution in [-0.2, 0) is 12.6 Å². The molecule has 0 saturated heterocycles. The van der Waals surface area contributed by atoms with E-state index in [2.05, 4.69) is 21.5 Å². The van der Waals surface area contributed by atoms with Gasteiger partial charge in [-0.2, -0.15) is 33.8 Å². The van der Waals surface area contributed by atoms with E-state index in [4.69, 9.17) is 10.4 Å². The Hall–Kier alpha value is -4.84. The van der Waals surface area contributed by atoms with E-state index in [0.717, 1.165) is 12.1 Å². The number of nitriles is 2. The third kappa shape index (κ3) is 4.57. The minimum Gasteiger partial charge on any atom is -0.465 e. The molecule has 182 valence electrons. The Morgan fingerprint density at radius 2 is 1.89 bits per heavy atom. The van der Waals surface area contributed by atoms with Gasteiger partial charge in [0.25, 0.3) is 0 Å². The summed E-state index contributed by atoms with van der Waals surface area (Å²) in [6.07, 6.45) is -5.68. The van der Waals surface area contributed by atoms with E-state index in [0.29, 0.717) is 16.8 Å². The van der Waals surface area contributed by atoms with E-state index in [9.17, 15) is 23.2 Å². The van der Waals surface area contributed by atoms with Crippen LogP contribution >= 0.6 is 0 Å². The van der Waals surface area contributed by atoms with Gasteiger partial charge in [-0.3, -0.25) is 4.90 Å². The smallest absolute Gasteiger partial charge is 0.416 e. The lowest BCUT2D eigenvalue weighted by molar-refractivity contribution is -0.137. The van der Waals surface area contributed by atoms with Gasteiger partial charge >= 0.3 is 12.3 Å². The van der Waals surface area contributed by atoms with Crippen molar-refractivity contribution < 1.29 is 23.1 Å². The SMILES string of the molecule is CC1=C(C#N)[C@@H](c2ccc(C#N)cc2)n2nc(CCNC(=O)O)nc2N1c1cccc(C(F)(F)F)c1. The fourth-order valence-electron chi connectivity index (χ4n) is 3.98. The first-order valence-corrected chi connectivity index (χ1v) is 10.6. The van der Waals surface area contributed by atoms with Gasteiger partial charge in [0.2, 0.25) is 5.95 Å². The summed E-state index contributed by atoms with van der Waals surface area (Å²) in [6, 6.07) is 14.6. The summed E-state index contributed by atoms with van der Waals surface area (Å²) in [6.45, 7) is 1.63. The molecular formula is C24H18F3N7O2. The van der Waals surface area contributed by atoms with Crippen LogP contribution in [0.5, 0.6) is 0 Å². The van der Waals surface area contributed by atoms with E-state index in [-0.39, 0.29) is 36.0 Å². The molecule has 0 saturated carbocycles. The Labute approximate surface area is 203 Å². The van der Waals surface area contributed by atoms with Crippen molar-refractivity contribution in [1.82, 2.24) is 20.1 Å². The van der Waals surface area contributed by atoms with Crippen molar-refractivity contribution in [1.29, 1.82) is 10.5 Å². The van der Waals surface area contributed by atoms with Crippen molar-refractivity contribution in [3.8, 4) is 12.1 Å². The molecule has 1 aromatic heterocycles. The molecule has 1 aliphatic rings. The Bertz CT molecular complexity index is 1430. The van der Waals surface area contributed by atoms with E-state index in [1.807, 2.05) is 6.07 Å². The Kier molecular flexibility index (Phi) is 6.36. The van der Waals surface area contributed by atoms with Crippen molar-refractivity contribution in [2.24, 2.45) is 0 Å². The molecule has 9 nitrogen and oxygen atoms in total. The van der Waals surface area contributed by atoms with Gasteiger partial charge in [0, 0.05) is 24.4 Å². The lowest BCUT2D eigenvalue weighted by atomic mass is 9.95. The minimum absolute atomic E-state index is 0.0153. The highest BCUT2D eigenvalue weighted by Gasteiger charge is 2.37. The topological polar surface area (TPSA) is 131 Å². The number of hydrogen-bond acceptors (Lipinski definition) is 6. The number of nitrogens with zero attached hydrogens (tertiary/aromatic N) is 6. The summed E-state index contributed by atoms with van der Waals surface area (Å²) >= 11 is 0. The number of alkyl halides is 3. The summed E-state index contributed by atoms with van der Waals surface area (Å²) < 4.78 is 41.7. The lowest BCUT2D eigenvalue weighted by Gasteiger charge is -2.34. The standard InChI is InChI=1S/C24H18F3N7O2/c1-14-19(13-29)21(16-7-5-15(12-28)6-8-16)34-22(31-20(32-34)9-10-30-23(35)36)33(14)18-4-2-3-17(11-18)24(25,26)27/h2-8,11,21,30H,9-10H2,1H3,(H,35,36)/t21-/m1/s1. The van der Waals surface area contributed by atoms with Crippen molar-refractivity contribution in [3.63, 3.8) is 0 Å². The first kappa shape index (κ1) is 24.3. The number of anilines is 2. The third-order valence-electron chi connectivity index (χ3n) is 5.63. The second-order valence-corrected chi connectivity index (χ2v) is 7.89. The van der Waals surface area contributed by atoms with Crippen LogP contribution in [0.1, 0.15) is 35.5 Å². The van der Waals surface area contributed by atoms with E-state index < -0.39 is 23.9 Å². The molecule has 0 radical (unpaired) electrons. The van der Waals surface area contributed by atoms with E-state index in [1.165, 1.54) is 21.7 Å². The Morgan fingerprint density at radius 1 is 1.17 bits per heavy atom. The van der Waals surface area contributed by atoms with Crippen molar-refractivity contribution in [3.05, 3.63) is 82.3 Å². The molecule has 0 unspecified atom stereocenters. The number of allylic oxidation sites excluding steroid dienone is 2. The maximum Gasteiger partial charge on any atom is 0.416 e. The zero-order valence-corrected chi connectivity index (χ0v) is 18.8. The molecule has 12 heteroatoms. The number of carboxylic acid groups (broad SMARTS) is 1. The maximum absolute atomic E-state index is 13.4. The molecule has 0 aliphatic carbocycles. The first-order chi connectivity index (χ1) is 17.1. The molecule has 1 amide bonds. The summed E-state index contributed by atoms with van der Waals surface area (Å²) in [7, 11) is 0. The molecular weight excluding hydrogens is 475 g/mol. The van der Waals surface area contributed by atoms with Crippen LogP contribution in [0.3, 0.4) is 0 Å². The van der Waals surface area contributed by atoms with Crippen LogP contribution < -0.4 is 10.2 Å². The van der Waals surface area contributed by atoms with Gasteiger partial charge in [0.15, 0.2) is 5.82 Å². The molecule has 1 atom stereocenters. The molecule has 1 aliphatic heterocycles. The number of carbonyl (C=O) groups is 1. The van der Waals surface area contributed by atoms with Gasteiger partial charge in [-0.15, -0.1) is 0 Å². The number of benzene rings is 2. The predicted molar refractivity (Wildman–Crippen MR) is 121 cm³/mol. The van der Waals surface area contributed by atoms with Gasteiger partial charge in [-0.1, -0.05) is 18.2 Å². The molecule has 0 fully saturated rings. The lowest BCUT2D eigenvalue weighted by Crippen LogP contribution is -2.31. The average molecular weight is 493 g/mol. The van der Waals surface area contributed by atoms with Gasteiger partial charge in [0.1, 0.15) is 6.04 Å². The number of nitrogens with one attached hydrogen (secondary N) is 1. The highest BCUT2D eigenvalue weighted by atomic mass is 19.4. The summed E-state index contributed by atoms with van der Waals surface area (Å²) in [5, 5.41) is 34.8. The highest BCUT2D eigenvalue weighted by molar-refractivity contribution is 5.69. The fraction of sp³-hybridized carbons (Fsp3) is 0.208. The summed E-state index contributed by atoms with van der Waals surface area (Å²) in [4.78, 5) is 16.7. The number of amides is 1. The number of halogens is 3. The molecule has 0 bridgehead atoms. The zero-order valence-electron chi connectivity index (χ0n) is 18.8. The van der Waals surface area contributed by atoms with Crippen LogP contribution in [0.2, 0.25) is 0 Å². The number of hydrogen-bond donors (Lipinski definition) is 2. The van der Waals surface area contributed by atoms with Gasteiger partial charge in [-0.25, -0.2) is 9.48 Å². The molecule has 4 rings (SSSR count). The van der Waals surface area contributed by atoms with Crippen LogP contribution in [0.25, 0.3) is 0 Å². The third-order valence-corrected chi connectivity index (χ3v) is 5.63. The average Bonchev–Trinajstić information content (AvgIpc) is 3.25. The monoisotopic (exact) mass is 493 g/mol. The quantitative estimate of drug-likeness (QED) is 0.534. The van der Waals surface area contributed by atoms with Gasteiger partial charge < -0.3 is 10.4 Å². The number of fused-ring (bicyclic) bond motifs is 1. The predicted octanol–water partition coefficient (Wildman–Crippen LogP) is 4.52. The first-order valence-electron chi connectivity index (χ1n) is 10.6. The molecule has 2 heterocycles. The van der Waals surface area contributed by atoms with Crippen molar-refractivity contribution in [2.75, 3.05) is 11.4 Å². The molecule has 2 aromatic carbocycles. The highest BCUT2D eigenvalue weighted by Crippen LogP contribution is 2.43. The number of aromatic nitrogens is 3. The summed E-state index contributed by atoms with van der Waals surface area (Å²) in [5.41, 5.74) is 0.897. The van der Waals surface area contributed by atoms with E-state index >= 15 is 0 Å². The van der Waals surface area contributed by atoms with E-state index in [1.54, 1.807) is 31.2 Å². The normalized spacial score (nSPS) is 15.2. The second kappa shape index (κ2) is 9.43. The maximum atomic E-state index is 13.4. The molecule has 0 spiro atoms. The molecule has 2 N–H and O–H groups in total. The van der Waals surface area contributed by atoms with Crippen LogP contribution in [0.4, 0.5) is 29.6 Å². The van der Waals surface area contributed by atoms with Crippen LogP contribution in [-0.4, -0.2) is 32.5 Å². The van der Waals surface area contributed by atoms with Crippen LogP contribution in [0.15, 0.2) is 59.8 Å².